The minimum Gasteiger partial charge on any atom is -0.142 e. The highest BCUT2D eigenvalue weighted by Gasteiger charge is 2.15. The molecule has 1 saturated carbocycles. The molecule has 0 atom stereocenters. The fraction of sp³-hybridized carbons (Fsp3) is 0.778. The lowest BCUT2D eigenvalue weighted by atomic mass is 9.87. The summed E-state index contributed by atoms with van der Waals surface area (Å²) in [5.74, 6) is 0.831. The molecule has 1 aromatic heterocycles. The first-order chi connectivity index (χ1) is 6.34. The lowest BCUT2D eigenvalue weighted by Crippen LogP contribution is -2.08. The molecule has 0 aliphatic heterocycles. The monoisotopic (exact) mass is 216 g/mol. The molecule has 0 amide bonds. The molecule has 4 heteroatoms. The largest absolute Gasteiger partial charge is 0.207 e. The Balaban J connectivity index is 1.89. The van der Waals surface area contributed by atoms with Crippen molar-refractivity contribution in [2.75, 3.05) is 0 Å². The minimum atomic E-state index is 0.575. The molecular weight excluding hydrogens is 204 g/mol. The second-order valence-electron chi connectivity index (χ2n) is 3.66. The Morgan fingerprint density at radius 1 is 1.23 bits per heavy atom. The van der Waals surface area contributed by atoms with Crippen LogP contribution < -0.4 is 0 Å². The first kappa shape index (κ1) is 9.41. The lowest BCUT2D eigenvalue weighted by Gasteiger charge is -2.19. The van der Waals surface area contributed by atoms with Crippen molar-refractivity contribution < 1.29 is 0 Å². The van der Waals surface area contributed by atoms with Gasteiger partial charge in [-0.1, -0.05) is 43.4 Å². The van der Waals surface area contributed by atoms with Gasteiger partial charge in [-0.15, -0.1) is 10.2 Å². The first-order valence-electron chi connectivity index (χ1n) is 4.82. The van der Waals surface area contributed by atoms with Crippen molar-refractivity contribution in [3.05, 3.63) is 9.47 Å². The van der Waals surface area contributed by atoms with E-state index in [0.717, 1.165) is 17.3 Å². The first-order valence-corrected chi connectivity index (χ1v) is 6.02. The molecule has 0 aromatic carbocycles. The van der Waals surface area contributed by atoms with Gasteiger partial charge in [0.2, 0.25) is 4.47 Å². The minimum absolute atomic E-state index is 0.575. The summed E-state index contributed by atoms with van der Waals surface area (Å²) >= 11 is 7.25. The van der Waals surface area contributed by atoms with Crippen molar-refractivity contribution in [3.8, 4) is 0 Å². The van der Waals surface area contributed by atoms with E-state index in [0.29, 0.717) is 4.47 Å². The average molecular weight is 217 g/mol. The van der Waals surface area contributed by atoms with Gasteiger partial charge < -0.3 is 0 Å². The van der Waals surface area contributed by atoms with E-state index in [4.69, 9.17) is 11.6 Å². The SMILES string of the molecule is Clc1nnc(CC2CCCCC2)s1. The van der Waals surface area contributed by atoms with Crippen molar-refractivity contribution in [3.63, 3.8) is 0 Å². The highest BCUT2D eigenvalue weighted by atomic mass is 35.5. The van der Waals surface area contributed by atoms with Crippen molar-refractivity contribution >= 4 is 22.9 Å². The van der Waals surface area contributed by atoms with Crippen LogP contribution in [0.5, 0.6) is 0 Å². The zero-order chi connectivity index (χ0) is 9.10. The van der Waals surface area contributed by atoms with Crippen LogP contribution in [0, 0.1) is 5.92 Å². The van der Waals surface area contributed by atoms with Gasteiger partial charge in [0.25, 0.3) is 0 Å². The Morgan fingerprint density at radius 3 is 2.62 bits per heavy atom. The molecule has 0 radical (unpaired) electrons. The van der Waals surface area contributed by atoms with Crippen LogP contribution in [0.25, 0.3) is 0 Å². The molecule has 2 nitrogen and oxygen atoms in total. The van der Waals surface area contributed by atoms with Gasteiger partial charge in [-0.3, -0.25) is 0 Å². The fourth-order valence-corrected chi connectivity index (χ4v) is 2.94. The molecule has 1 aliphatic carbocycles. The van der Waals surface area contributed by atoms with Gasteiger partial charge in [0.1, 0.15) is 5.01 Å². The van der Waals surface area contributed by atoms with E-state index in [2.05, 4.69) is 10.2 Å². The summed E-state index contributed by atoms with van der Waals surface area (Å²) in [6.07, 6.45) is 7.99. The van der Waals surface area contributed by atoms with Gasteiger partial charge >= 0.3 is 0 Å². The van der Waals surface area contributed by atoms with E-state index in [1.165, 1.54) is 43.4 Å². The summed E-state index contributed by atoms with van der Waals surface area (Å²) in [7, 11) is 0. The van der Waals surface area contributed by atoms with Crippen LogP contribution in [0.3, 0.4) is 0 Å². The molecular formula is C9H13ClN2S. The van der Waals surface area contributed by atoms with Gasteiger partial charge in [0.05, 0.1) is 0 Å². The average Bonchev–Trinajstić information content (AvgIpc) is 2.53. The summed E-state index contributed by atoms with van der Waals surface area (Å²) in [5.41, 5.74) is 0. The van der Waals surface area contributed by atoms with E-state index < -0.39 is 0 Å². The molecule has 0 bridgehead atoms. The van der Waals surface area contributed by atoms with Crippen LogP contribution in [0.1, 0.15) is 37.1 Å². The Hall–Kier alpha value is -0.150. The third-order valence-corrected chi connectivity index (χ3v) is 3.67. The van der Waals surface area contributed by atoms with Gasteiger partial charge in [0.15, 0.2) is 0 Å². The third kappa shape index (κ3) is 2.64. The maximum Gasteiger partial charge on any atom is 0.207 e. The molecule has 1 heterocycles. The highest BCUT2D eigenvalue weighted by Crippen LogP contribution is 2.28. The number of aromatic nitrogens is 2. The molecule has 13 heavy (non-hydrogen) atoms. The number of rotatable bonds is 2. The Labute approximate surface area is 87.3 Å². The van der Waals surface area contributed by atoms with Crippen LogP contribution in [0.15, 0.2) is 0 Å². The number of hydrogen-bond donors (Lipinski definition) is 0. The topological polar surface area (TPSA) is 25.8 Å². The van der Waals surface area contributed by atoms with Crippen LogP contribution in [-0.2, 0) is 6.42 Å². The fourth-order valence-electron chi connectivity index (χ4n) is 1.95. The second kappa shape index (κ2) is 4.38. The van der Waals surface area contributed by atoms with Gasteiger partial charge in [0, 0.05) is 6.42 Å². The van der Waals surface area contributed by atoms with Crippen molar-refractivity contribution in [1.82, 2.24) is 10.2 Å². The zero-order valence-electron chi connectivity index (χ0n) is 7.50. The predicted octanol–water partition coefficient (Wildman–Crippen LogP) is 3.31. The van der Waals surface area contributed by atoms with E-state index in [-0.39, 0.29) is 0 Å². The Bertz CT molecular complexity index is 268. The van der Waals surface area contributed by atoms with Crippen LogP contribution in [0.4, 0.5) is 0 Å². The molecule has 0 saturated heterocycles. The maximum absolute atomic E-state index is 5.72. The Kier molecular flexibility index (Phi) is 3.17. The van der Waals surface area contributed by atoms with E-state index >= 15 is 0 Å². The van der Waals surface area contributed by atoms with E-state index in [1.807, 2.05) is 0 Å². The third-order valence-electron chi connectivity index (χ3n) is 2.63. The van der Waals surface area contributed by atoms with Gasteiger partial charge in [-0.2, -0.15) is 0 Å². The summed E-state index contributed by atoms with van der Waals surface area (Å²) in [5, 5.41) is 8.97. The van der Waals surface area contributed by atoms with Crippen LogP contribution in [0.2, 0.25) is 4.47 Å². The standard InChI is InChI=1S/C9H13ClN2S/c10-9-12-11-8(13-9)6-7-4-2-1-3-5-7/h7H,1-6H2. The van der Waals surface area contributed by atoms with E-state index in [1.54, 1.807) is 0 Å². The number of nitrogens with zero attached hydrogens (tertiary/aromatic N) is 2. The van der Waals surface area contributed by atoms with Crippen molar-refractivity contribution in [2.24, 2.45) is 5.92 Å². The molecule has 0 N–H and O–H groups in total. The highest BCUT2D eigenvalue weighted by molar-refractivity contribution is 7.15. The number of hydrogen-bond acceptors (Lipinski definition) is 3. The van der Waals surface area contributed by atoms with Gasteiger partial charge in [-0.25, -0.2) is 0 Å². The summed E-state index contributed by atoms with van der Waals surface area (Å²) in [6, 6.07) is 0. The molecule has 0 spiro atoms. The van der Waals surface area contributed by atoms with E-state index in [9.17, 15) is 0 Å². The molecule has 2 rings (SSSR count). The van der Waals surface area contributed by atoms with Crippen molar-refractivity contribution in [1.29, 1.82) is 0 Å². The maximum atomic E-state index is 5.72. The quantitative estimate of drug-likeness (QED) is 0.758. The molecule has 1 aromatic rings. The molecule has 1 fully saturated rings. The van der Waals surface area contributed by atoms with Gasteiger partial charge in [-0.05, 0) is 17.5 Å². The lowest BCUT2D eigenvalue weighted by molar-refractivity contribution is 0.356. The second-order valence-corrected chi connectivity index (χ2v) is 5.30. The smallest absolute Gasteiger partial charge is 0.142 e. The summed E-state index contributed by atoms with van der Waals surface area (Å²) in [4.78, 5) is 0. The Morgan fingerprint density at radius 2 is 2.00 bits per heavy atom. The molecule has 1 aliphatic rings. The molecule has 72 valence electrons. The predicted molar refractivity (Wildman–Crippen MR) is 55.2 cm³/mol. The summed E-state index contributed by atoms with van der Waals surface area (Å²) in [6.45, 7) is 0. The van der Waals surface area contributed by atoms with Crippen LogP contribution >= 0.6 is 22.9 Å². The zero-order valence-corrected chi connectivity index (χ0v) is 9.07. The normalized spacial score (nSPS) is 19.2. The summed E-state index contributed by atoms with van der Waals surface area (Å²) < 4.78 is 0.575. The van der Waals surface area contributed by atoms with Crippen LogP contribution in [-0.4, -0.2) is 10.2 Å². The number of halogens is 1. The van der Waals surface area contributed by atoms with Crippen molar-refractivity contribution in [2.45, 2.75) is 38.5 Å². The molecule has 0 unspecified atom stereocenters.